The zero-order valence-electron chi connectivity index (χ0n) is 14.3. The summed E-state index contributed by atoms with van der Waals surface area (Å²) < 4.78 is 10.4. The summed E-state index contributed by atoms with van der Waals surface area (Å²) in [5.41, 5.74) is 6.26. The number of amides is 2. The minimum Gasteiger partial charge on any atom is -0.497 e. The molecule has 0 fully saturated rings. The molecule has 0 radical (unpaired) electrons. The van der Waals surface area contributed by atoms with Gasteiger partial charge in [-0.15, -0.1) is 0 Å². The maximum atomic E-state index is 12.1. The monoisotopic (exact) mass is 354 g/mol. The van der Waals surface area contributed by atoms with Crippen LogP contribution in [-0.4, -0.2) is 29.1 Å². The maximum Gasteiger partial charge on any atom is 0.305 e. The molecule has 8 heteroatoms. The van der Waals surface area contributed by atoms with E-state index in [4.69, 9.17) is 9.15 Å². The van der Waals surface area contributed by atoms with Crippen LogP contribution in [0, 0.1) is 0 Å². The van der Waals surface area contributed by atoms with Gasteiger partial charge in [0.1, 0.15) is 17.2 Å². The first-order valence-electron chi connectivity index (χ1n) is 8.00. The molecule has 2 aromatic heterocycles. The molecule has 0 saturated carbocycles. The van der Waals surface area contributed by atoms with E-state index in [1.165, 1.54) is 0 Å². The number of rotatable bonds is 5. The van der Waals surface area contributed by atoms with Crippen LogP contribution in [0.1, 0.15) is 33.7 Å². The van der Waals surface area contributed by atoms with Gasteiger partial charge in [-0.05, 0) is 42.5 Å². The lowest BCUT2D eigenvalue weighted by Gasteiger charge is -2.04. The SMILES string of the molecule is CCc1ccc(C(=O)NNC(=O)c2cc(-c3ccc(OC)cc3)n[nH]2)o1. The lowest BCUT2D eigenvalue weighted by molar-refractivity contribution is 0.0827. The second-order valence-corrected chi connectivity index (χ2v) is 5.42. The van der Waals surface area contributed by atoms with E-state index in [2.05, 4.69) is 21.0 Å². The quantitative estimate of drug-likeness (QED) is 0.609. The van der Waals surface area contributed by atoms with Crippen molar-refractivity contribution in [2.24, 2.45) is 0 Å². The number of nitrogens with one attached hydrogen (secondary N) is 3. The molecule has 2 heterocycles. The van der Waals surface area contributed by atoms with Crippen molar-refractivity contribution in [1.82, 2.24) is 21.0 Å². The molecule has 0 unspecified atom stereocenters. The fourth-order valence-corrected chi connectivity index (χ4v) is 2.28. The summed E-state index contributed by atoms with van der Waals surface area (Å²) in [5, 5.41) is 6.75. The number of aryl methyl sites for hydroxylation is 1. The number of hydrazine groups is 1. The predicted molar refractivity (Wildman–Crippen MR) is 93.6 cm³/mol. The van der Waals surface area contributed by atoms with Gasteiger partial charge in [0.05, 0.1) is 12.8 Å². The van der Waals surface area contributed by atoms with E-state index >= 15 is 0 Å². The highest BCUT2D eigenvalue weighted by molar-refractivity contribution is 5.97. The molecule has 1 aromatic carbocycles. The van der Waals surface area contributed by atoms with Gasteiger partial charge >= 0.3 is 5.91 Å². The number of ether oxygens (including phenoxy) is 1. The van der Waals surface area contributed by atoms with Gasteiger partial charge in [-0.2, -0.15) is 5.10 Å². The minimum atomic E-state index is -0.534. The number of methoxy groups -OCH3 is 1. The maximum absolute atomic E-state index is 12.1. The van der Waals surface area contributed by atoms with Crippen LogP contribution in [0.5, 0.6) is 5.75 Å². The lowest BCUT2D eigenvalue weighted by Crippen LogP contribution is -2.41. The van der Waals surface area contributed by atoms with E-state index in [1.54, 1.807) is 37.4 Å². The summed E-state index contributed by atoms with van der Waals surface area (Å²) in [4.78, 5) is 24.1. The van der Waals surface area contributed by atoms with Gasteiger partial charge in [0.25, 0.3) is 5.91 Å². The number of nitrogens with zero attached hydrogens (tertiary/aromatic N) is 1. The topological polar surface area (TPSA) is 109 Å². The van der Waals surface area contributed by atoms with E-state index in [1.807, 2.05) is 19.1 Å². The standard InChI is InChI=1S/C18H18N4O4/c1-3-12-8-9-16(26-12)18(24)22-21-17(23)15-10-14(19-20-15)11-4-6-13(25-2)7-5-11/h4-10H,3H2,1-2H3,(H,19,20)(H,21,23)(H,22,24). The van der Waals surface area contributed by atoms with Crippen molar-refractivity contribution < 1.29 is 18.7 Å². The smallest absolute Gasteiger partial charge is 0.305 e. The van der Waals surface area contributed by atoms with Crippen LogP contribution in [-0.2, 0) is 6.42 Å². The normalized spacial score (nSPS) is 10.4. The van der Waals surface area contributed by atoms with Crippen LogP contribution in [0.4, 0.5) is 0 Å². The summed E-state index contributed by atoms with van der Waals surface area (Å²) in [6, 6.07) is 12.1. The van der Waals surface area contributed by atoms with Crippen LogP contribution in [0.2, 0.25) is 0 Å². The number of H-pyrrole nitrogens is 1. The molecule has 0 bridgehead atoms. The molecule has 0 saturated heterocycles. The molecule has 3 rings (SSSR count). The second kappa shape index (κ2) is 7.56. The number of hydrogen-bond donors (Lipinski definition) is 3. The molecule has 0 aliphatic carbocycles. The Morgan fingerprint density at radius 3 is 2.50 bits per heavy atom. The molecular weight excluding hydrogens is 336 g/mol. The molecule has 0 aliphatic heterocycles. The van der Waals surface area contributed by atoms with Gasteiger partial charge < -0.3 is 9.15 Å². The predicted octanol–water partition coefficient (Wildman–Crippen LogP) is 2.32. The third kappa shape index (κ3) is 3.75. The zero-order valence-corrected chi connectivity index (χ0v) is 14.3. The molecule has 134 valence electrons. The Hall–Kier alpha value is -3.55. The summed E-state index contributed by atoms with van der Waals surface area (Å²) >= 11 is 0. The number of aromatic amines is 1. The van der Waals surface area contributed by atoms with Gasteiger partial charge in [-0.25, -0.2) is 0 Å². The highest BCUT2D eigenvalue weighted by atomic mass is 16.5. The van der Waals surface area contributed by atoms with E-state index in [-0.39, 0.29) is 11.5 Å². The number of carbonyl (C=O) groups is 2. The van der Waals surface area contributed by atoms with Crippen molar-refractivity contribution in [3.63, 3.8) is 0 Å². The number of hydrogen-bond acceptors (Lipinski definition) is 5. The Bertz CT molecular complexity index is 911. The number of benzene rings is 1. The van der Waals surface area contributed by atoms with Crippen molar-refractivity contribution in [3.8, 4) is 17.0 Å². The first-order chi connectivity index (χ1) is 12.6. The van der Waals surface area contributed by atoms with Crippen molar-refractivity contribution in [3.05, 3.63) is 59.7 Å². The molecule has 3 N–H and O–H groups in total. The van der Waals surface area contributed by atoms with E-state index in [0.717, 1.165) is 11.3 Å². The van der Waals surface area contributed by atoms with E-state index in [0.29, 0.717) is 17.9 Å². The highest BCUT2D eigenvalue weighted by Crippen LogP contribution is 2.21. The minimum absolute atomic E-state index is 0.130. The van der Waals surface area contributed by atoms with E-state index in [9.17, 15) is 9.59 Å². The van der Waals surface area contributed by atoms with Crippen LogP contribution >= 0.6 is 0 Å². The first kappa shape index (κ1) is 17.3. The largest absolute Gasteiger partial charge is 0.497 e. The lowest BCUT2D eigenvalue weighted by atomic mass is 10.1. The summed E-state index contributed by atoms with van der Waals surface area (Å²) in [6.45, 7) is 1.92. The zero-order chi connectivity index (χ0) is 18.5. The summed E-state index contributed by atoms with van der Waals surface area (Å²) in [7, 11) is 1.59. The Labute approximate surface area is 149 Å². The Balaban J connectivity index is 1.61. The molecule has 0 atom stereocenters. The number of furan rings is 1. The van der Waals surface area contributed by atoms with Crippen molar-refractivity contribution in [1.29, 1.82) is 0 Å². The fourth-order valence-electron chi connectivity index (χ4n) is 2.28. The molecule has 0 aliphatic rings. The van der Waals surface area contributed by atoms with Crippen LogP contribution in [0.15, 0.2) is 46.9 Å². The average molecular weight is 354 g/mol. The van der Waals surface area contributed by atoms with E-state index < -0.39 is 11.8 Å². The third-order valence-electron chi connectivity index (χ3n) is 3.73. The van der Waals surface area contributed by atoms with Crippen molar-refractivity contribution >= 4 is 11.8 Å². The van der Waals surface area contributed by atoms with Crippen molar-refractivity contribution in [2.45, 2.75) is 13.3 Å². The molecule has 2 amide bonds. The van der Waals surface area contributed by atoms with Gasteiger partial charge in [-0.1, -0.05) is 6.92 Å². The van der Waals surface area contributed by atoms with Gasteiger partial charge in [0.15, 0.2) is 5.76 Å². The molecule has 0 spiro atoms. The van der Waals surface area contributed by atoms with Gasteiger partial charge in [0.2, 0.25) is 0 Å². The van der Waals surface area contributed by atoms with Gasteiger partial charge in [-0.3, -0.25) is 25.5 Å². The summed E-state index contributed by atoms with van der Waals surface area (Å²) in [6.07, 6.45) is 0.682. The Morgan fingerprint density at radius 1 is 1.12 bits per heavy atom. The Morgan fingerprint density at radius 2 is 1.85 bits per heavy atom. The molecule has 8 nitrogen and oxygen atoms in total. The third-order valence-corrected chi connectivity index (χ3v) is 3.73. The van der Waals surface area contributed by atoms with Crippen LogP contribution < -0.4 is 15.6 Å². The first-order valence-corrected chi connectivity index (χ1v) is 8.00. The molecular formula is C18H18N4O4. The molecule has 26 heavy (non-hydrogen) atoms. The van der Waals surface area contributed by atoms with Crippen LogP contribution in [0.3, 0.4) is 0 Å². The number of aromatic nitrogens is 2. The highest BCUT2D eigenvalue weighted by Gasteiger charge is 2.14. The molecule has 3 aromatic rings. The summed E-state index contributed by atoms with van der Waals surface area (Å²) in [5.74, 6) is 0.500. The van der Waals surface area contributed by atoms with Crippen molar-refractivity contribution in [2.75, 3.05) is 7.11 Å². The second-order valence-electron chi connectivity index (χ2n) is 5.42. The fraction of sp³-hybridized carbons (Fsp3) is 0.167. The average Bonchev–Trinajstić information content (AvgIpc) is 3.35. The Kier molecular flexibility index (Phi) is 5.02. The number of carbonyl (C=O) groups excluding carboxylic acids is 2. The van der Waals surface area contributed by atoms with Crippen LogP contribution in [0.25, 0.3) is 11.3 Å². The van der Waals surface area contributed by atoms with Gasteiger partial charge in [0, 0.05) is 12.0 Å².